The first-order valence-corrected chi connectivity index (χ1v) is 12.2. The quantitative estimate of drug-likeness (QED) is 0.386. The van der Waals surface area contributed by atoms with E-state index >= 15 is 0 Å². The van der Waals surface area contributed by atoms with Gasteiger partial charge in [0, 0.05) is 40.7 Å². The molecule has 2 heterocycles. The minimum absolute atomic E-state index is 0.0343. The fourth-order valence-corrected chi connectivity index (χ4v) is 4.95. The van der Waals surface area contributed by atoms with Gasteiger partial charge in [-0.1, -0.05) is 18.2 Å². The van der Waals surface area contributed by atoms with E-state index in [-0.39, 0.29) is 12.2 Å². The fourth-order valence-electron chi connectivity index (χ4n) is 4.00. The number of benzene rings is 2. The number of aliphatic hydroxyl groups is 1. The molecule has 0 saturated carbocycles. The van der Waals surface area contributed by atoms with E-state index in [0.29, 0.717) is 6.42 Å². The largest absolute Gasteiger partial charge is 0.396 e. The molecule has 0 spiro atoms. The molecule has 3 aromatic rings. The van der Waals surface area contributed by atoms with Crippen molar-refractivity contribution in [2.75, 3.05) is 37.8 Å². The van der Waals surface area contributed by atoms with Crippen molar-refractivity contribution in [3.8, 4) is 16.5 Å². The number of amides is 1. The SMILES string of the molecule is CC(C)(CCO)NC(=O)/C(C#N)=C/c1ccc(-c2ccc3cc(N4CCOCC4)ccc3c2)s1. The van der Waals surface area contributed by atoms with Crippen LogP contribution in [-0.2, 0) is 9.53 Å². The van der Waals surface area contributed by atoms with Gasteiger partial charge < -0.3 is 20.1 Å². The zero-order valence-electron chi connectivity index (χ0n) is 19.5. The van der Waals surface area contributed by atoms with Crippen molar-refractivity contribution in [1.82, 2.24) is 5.32 Å². The smallest absolute Gasteiger partial charge is 0.262 e. The molecule has 1 aromatic heterocycles. The van der Waals surface area contributed by atoms with Crippen molar-refractivity contribution in [2.24, 2.45) is 0 Å². The maximum Gasteiger partial charge on any atom is 0.262 e. The standard InChI is InChI=1S/C27H29N3O3S/c1-27(2,9-12-31)29-26(32)22(18-28)17-24-7-8-25(34-24)21-4-3-20-16-23(6-5-19(20)15-21)30-10-13-33-14-11-30/h3-8,15-17,31H,9-14H2,1-2H3,(H,29,32)/b22-17+. The van der Waals surface area contributed by atoms with Crippen LogP contribution in [0.1, 0.15) is 25.1 Å². The van der Waals surface area contributed by atoms with Gasteiger partial charge in [0.2, 0.25) is 0 Å². The zero-order valence-corrected chi connectivity index (χ0v) is 20.3. The van der Waals surface area contributed by atoms with E-state index < -0.39 is 11.4 Å². The van der Waals surface area contributed by atoms with Crippen molar-refractivity contribution >= 4 is 39.8 Å². The highest BCUT2D eigenvalue weighted by Gasteiger charge is 2.22. The average Bonchev–Trinajstić information content (AvgIpc) is 3.30. The average molecular weight is 476 g/mol. The van der Waals surface area contributed by atoms with Crippen molar-refractivity contribution in [2.45, 2.75) is 25.8 Å². The second-order valence-electron chi connectivity index (χ2n) is 9.03. The number of thiophene rings is 1. The number of rotatable bonds is 7. The predicted octanol–water partition coefficient (Wildman–Crippen LogP) is 4.59. The van der Waals surface area contributed by atoms with E-state index in [4.69, 9.17) is 9.84 Å². The van der Waals surface area contributed by atoms with Crippen molar-refractivity contribution in [3.63, 3.8) is 0 Å². The Morgan fingerprint density at radius 3 is 2.65 bits per heavy atom. The Hall–Kier alpha value is -3.18. The molecule has 4 rings (SSSR count). The molecule has 7 heteroatoms. The summed E-state index contributed by atoms with van der Waals surface area (Å²) in [5.41, 5.74) is 1.78. The number of nitriles is 1. The molecule has 1 saturated heterocycles. The summed E-state index contributed by atoms with van der Waals surface area (Å²) in [6, 6.07) is 18.9. The molecule has 0 aliphatic carbocycles. The Morgan fingerprint density at radius 2 is 1.91 bits per heavy atom. The molecular formula is C27H29N3O3S. The molecule has 1 fully saturated rings. The van der Waals surface area contributed by atoms with Gasteiger partial charge in [0.1, 0.15) is 11.6 Å². The lowest BCUT2D eigenvalue weighted by Crippen LogP contribution is -2.44. The monoisotopic (exact) mass is 475 g/mol. The molecule has 1 aliphatic rings. The minimum atomic E-state index is -0.588. The van der Waals surface area contributed by atoms with Gasteiger partial charge in [0.05, 0.1) is 13.2 Å². The van der Waals surface area contributed by atoms with E-state index in [1.807, 2.05) is 32.0 Å². The van der Waals surface area contributed by atoms with Crippen LogP contribution >= 0.6 is 11.3 Å². The Morgan fingerprint density at radius 1 is 1.18 bits per heavy atom. The summed E-state index contributed by atoms with van der Waals surface area (Å²) in [6.07, 6.45) is 2.03. The van der Waals surface area contributed by atoms with Crippen LogP contribution in [0.25, 0.3) is 27.3 Å². The third-order valence-electron chi connectivity index (χ3n) is 5.95. The van der Waals surface area contributed by atoms with E-state index in [1.165, 1.54) is 16.5 Å². The summed E-state index contributed by atoms with van der Waals surface area (Å²) < 4.78 is 5.46. The van der Waals surface area contributed by atoms with Gasteiger partial charge in [-0.25, -0.2) is 0 Å². The zero-order chi connectivity index (χ0) is 24.1. The number of fused-ring (bicyclic) bond motifs is 1. The number of hydrogen-bond donors (Lipinski definition) is 2. The normalized spacial score (nSPS) is 14.8. The maximum absolute atomic E-state index is 12.5. The summed E-state index contributed by atoms with van der Waals surface area (Å²) in [6.45, 7) is 6.97. The van der Waals surface area contributed by atoms with Crippen molar-refractivity contribution < 1.29 is 14.6 Å². The summed E-state index contributed by atoms with van der Waals surface area (Å²) in [7, 11) is 0. The van der Waals surface area contributed by atoms with Crippen LogP contribution in [0, 0.1) is 11.3 Å². The Bertz CT molecular complexity index is 1250. The Kier molecular flexibility index (Phi) is 7.32. The molecule has 0 unspecified atom stereocenters. The maximum atomic E-state index is 12.5. The number of anilines is 1. The Balaban J connectivity index is 1.53. The molecule has 2 N–H and O–H groups in total. The fraction of sp³-hybridized carbons (Fsp3) is 0.333. The second-order valence-corrected chi connectivity index (χ2v) is 10.1. The van der Waals surface area contributed by atoms with Gasteiger partial charge in [0.15, 0.2) is 0 Å². The molecule has 0 atom stereocenters. The topological polar surface area (TPSA) is 85.6 Å². The van der Waals surface area contributed by atoms with Gasteiger partial charge in [-0.15, -0.1) is 11.3 Å². The highest BCUT2D eigenvalue weighted by molar-refractivity contribution is 7.16. The summed E-state index contributed by atoms with van der Waals surface area (Å²) in [5.74, 6) is -0.433. The third kappa shape index (κ3) is 5.65. The first-order chi connectivity index (χ1) is 16.4. The van der Waals surface area contributed by atoms with Crippen LogP contribution in [0.3, 0.4) is 0 Å². The predicted molar refractivity (Wildman–Crippen MR) is 138 cm³/mol. The van der Waals surface area contributed by atoms with Crippen molar-refractivity contribution in [1.29, 1.82) is 5.26 Å². The van der Waals surface area contributed by atoms with Gasteiger partial charge in [-0.3, -0.25) is 4.79 Å². The lowest BCUT2D eigenvalue weighted by atomic mass is 10.0. The molecule has 34 heavy (non-hydrogen) atoms. The highest BCUT2D eigenvalue weighted by Crippen LogP contribution is 2.33. The number of hydrogen-bond acceptors (Lipinski definition) is 6. The van der Waals surface area contributed by atoms with E-state index in [0.717, 1.165) is 41.6 Å². The second kappa shape index (κ2) is 10.4. The van der Waals surface area contributed by atoms with E-state index in [2.05, 4.69) is 46.6 Å². The lowest BCUT2D eigenvalue weighted by Gasteiger charge is -2.29. The van der Waals surface area contributed by atoms with Gasteiger partial charge >= 0.3 is 0 Å². The first-order valence-electron chi connectivity index (χ1n) is 11.4. The van der Waals surface area contributed by atoms with E-state index in [1.54, 1.807) is 17.4 Å². The summed E-state index contributed by atoms with van der Waals surface area (Å²) in [4.78, 5) is 16.8. The minimum Gasteiger partial charge on any atom is -0.396 e. The number of nitrogens with zero attached hydrogens (tertiary/aromatic N) is 2. The molecule has 0 radical (unpaired) electrons. The molecule has 176 valence electrons. The van der Waals surface area contributed by atoms with Crippen LogP contribution in [0.5, 0.6) is 0 Å². The van der Waals surface area contributed by atoms with Gasteiger partial charge in [0.25, 0.3) is 5.91 Å². The highest BCUT2D eigenvalue weighted by atomic mass is 32.1. The van der Waals surface area contributed by atoms with Crippen LogP contribution in [0.4, 0.5) is 5.69 Å². The number of nitrogens with one attached hydrogen (secondary N) is 1. The summed E-state index contributed by atoms with van der Waals surface area (Å²) in [5, 5.41) is 23.9. The third-order valence-corrected chi connectivity index (χ3v) is 7.03. The molecule has 2 aromatic carbocycles. The van der Waals surface area contributed by atoms with Crippen molar-refractivity contribution in [3.05, 3.63) is 59.0 Å². The van der Waals surface area contributed by atoms with E-state index in [9.17, 15) is 10.1 Å². The molecule has 1 aliphatic heterocycles. The van der Waals surface area contributed by atoms with Crippen LogP contribution in [-0.4, -0.2) is 49.5 Å². The van der Waals surface area contributed by atoms with Crippen LogP contribution < -0.4 is 10.2 Å². The van der Waals surface area contributed by atoms with Gasteiger partial charge in [-0.05, 0) is 73.0 Å². The molecule has 1 amide bonds. The van der Waals surface area contributed by atoms with Crippen LogP contribution in [0.2, 0.25) is 0 Å². The number of carbonyl (C=O) groups excluding carboxylic acids is 1. The molecule has 6 nitrogen and oxygen atoms in total. The lowest BCUT2D eigenvalue weighted by molar-refractivity contribution is -0.118. The Labute approximate surface area is 204 Å². The molecule has 0 bridgehead atoms. The van der Waals surface area contributed by atoms with Gasteiger partial charge in [-0.2, -0.15) is 5.26 Å². The number of morpholine rings is 1. The number of carbonyl (C=O) groups is 1. The molecular weight excluding hydrogens is 446 g/mol. The number of aliphatic hydroxyl groups excluding tert-OH is 1. The number of ether oxygens (including phenoxy) is 1. The van der Waals surface area contributed by atoms with Crippen LogP contribution in [0.15, 0.2) is 54.1 Å². The first kappa shape index (κ1) is 24.0. The summed E-state index contributed by atoms with van der Waals surface area (Å²) >= 11 is 1.54.